The van der Waals surface area contributed by atoms with Crippen molar-refractivity contribution in [1.29, 1.82) is 0 Å². The molecule has 4 heteroatoms. The van der Waals surface area contributed by atoms with Gasteiger partial charge in [0.2, 0.25) is 0 Å². The maximum Gasteiger partial charge on any atom is 1.00 e. The number of hydrogen-bond acceptors (Lipinski definition) is 0. The van der Waals surface area contributed by atoms with E-state index in [9.17, 15) is 0 Å². The first-order valence-corrected chi connectivity index (χ1v) is 18.7. The fourth-order valence-electron chi connectivity index (χ4n) is 7.29. The molecule has 56 heavy (non-hydrogen) atoms. The molecule has 0 amide bonds. The topological polar surface area (TPSA) is 0 Å². The minimum Gasteiger partial charge on any atom is -0.227 e. The van der Waals surface area contributed by atoms with Crippen LogP contribution in [0.2, 0.25) is 0 Å². The molecule has 0 saturated carbocycles. The van der Waals surface area contributed by atoms with E-state index in [0.29, 0.717) is 0 Å². The standard InChI is InChI=1S/C52H48.4K/c1-37-13-5-9-17-41(37)21-25-45-33-50-31-32-52-36-47(27-23-43-19-11-7-15-39(43)3)51(35-48(52)28-24-44-20-12-8-16-40(44)4)30-29-49(45)34-46(50)26-22-42-18-10-6-14-38(42)2;;;;/h5-28,33-36H,29-32H2,1-4H3;;;;/q-4;4*+1/b25-21-,26-22+,28-24-,43-23-;;;;. The van der Waals surface area contributed by atoms with E-state index in [1.165, 1.54) is 90.1 Å². The first kappa shape index (κ1) is 51.2. The predicted octanol–water partition coefficient (Wildman–Crippen LogP) is 1.32. The van der Waals surface area contributed by atoms with Gasteiger partial charge < -0.3 is 0 Å². The molecule has 10 rings (SSSR count). The molecule has 4 bridgehead atoms. The van der Waals surface area contributed by atoms with Gasteiger partial charge in [-0.3, -0.25) is 0 Å². The van der Waals surface area contributed by atoms with Crippen molar-refractivity contribution in [3.05, 3.63) is 236 Å². The monoisotopic (exact) mass is 828 g/mol. The second-order valence-corrected chi connectivity index (χ2v) is 14.3. The molecule has 260 valence electrons. The second-order valence-electron chi connectivity index (χ2n) is 14.3. The van der Waals surface area contributed by atoms with Gasteiger partial charge in [0.05, 0.1) is 0 Å². The largest absolute Gasteiger partial charge is 1.00 e. The van der Waals surface area contributed by atoms with Crippen LogP contribution in [0.5, 0.6) is 0 Å². The molecule has 0 unspecified atom stereocenters. The number of hydrogen-bond donors (Lipinski definition) is 0. The zero-order valence-electron chi connectivity index (χ0n) is 35.0. The van der Waals surface area contributed by atoms with Gasteiger partial charge in [-0.1, -0.05) is 123 Å². The van der Waals surface area contributed by atoms with Crippen molar-refractivity contribution in [2.45, 2.75) is 53.4 Å². The maximum atomic E-state index is 2.47. The summed E-state index contributed by atoms with van der Waals surface area (Å²) in [4.78, 5) is 0. The molecule has 4 aromatic rings. The Labute approximate surface area is 508 Å². The van der Waals surface area contributed by atoms with Crippen LogP contribution in [0.25, 0.3) is 24.3 Å². The average Bonchev–Trinajstić information content (AvgIpc) is 3.15. The van der Waals surface area contributed by atoms with Gasteiger partial charge in [-0.2, -0.15) is 48.3 Å². The van der Waals surface area contributed by atoms with Crippen LogP contribution in [0, 0.1) is 44.9 Å². The zero-order valence-corrected chi connectivity index (χ0v) is 47.5. The summed E-state index contributed by atoms with van der Waals surface area (Å²) >= 11 is 0. The summed E-state index contributed by atoms with van der Waals surface area (Å²) in [5, 5.41) is 0. The van der Waals surface area contributed by atoms with E-state index in [1.54, 1.807) is 0 Å². The quantitative estimate of drug-likeness (QED) is 0.143. The summed E-state index contributed by atoms with van der Waals surface area (Å²) in [6, 6.07) is 30.9. The van der Waals surface area contributed by atoms with Crippen LogP contribution in [0.3, 0.4) is 0 Å². The summed E-state index contributed by atoms with van der Waals surface area (Å²) in [6.07, 6.45) is 36.0. The fourth-order valence-corrected chi connectivity index (χ4v) is 7.29. The minimum absolute atomic E-state index is 0. The molecule has 0 fully saturated rings. The van der Waals surface area contributed by atoms with Gasteiger partial charge in [0.15, 0.2) is 0 Å². The maximum absolute atomic E-state index is 2.47. The fraction of sp³-hybridized carbons (Fsp3) is 0.154. The third-order valence-electron chi connectivity index (χ3n) is 10.7. The van der Waals surface area contributed by atoms with Crippen molar-refractivity contribution >= 4 is 24.3 Å². The smallest absolute Gasteiger partial charge is 0.227 e. The van der Waals surface area contributed by atoms with Crippen LogP contribution in [0.4, 0.5) is 0 Å². The summed E-state index contributed by atoms with van der Waals surface area (Å²) in [5.74, 6) is 4.06. The summed E-state index contributed by atoms with van der Waals surface area (Å²) in [5.41, 5.74) is 17.0. The van der Waals surface area contributed by atoms with Crippen molar-refractivity contribution in [2.24, 2.45) is 0 Å². The van der Waals surface area contributed by atoms with Crippen LogP contribution >= 0.6 is 0 Å². The molecular formula is C52H48K4. The average molecular weight is 829 g/mol. The SMILES string of the molecule is Cc1ccccc1/C=C\C1=C[C-]2CCc3cc([CH-]/C=C4/C=CC=C[C-]4C)c(cc3/C=C\c3ccccc3C)CC[C-]1C=C2/C=C/c1ccccc1C.[K+].[K+].[K+].[K+]. The van der Waals surface area contributed by atoms with Crippen molar-refractivity contribution in [3.63, 3.8) is 0 Å². The second kappa shape index (κ2) is 25.7. The van der Waals surface area contributed by atoms with Crippen LogP contribution in [-0.2, 0) is 12.8 Å². The Hall–Kier alpha value is 0.825. The van der Waals surface area contributed by atoms with Crippen LogP contribution in [0.15, 0.2) is 156 Å². The van der Waals surface area contributed by atoms with Gasteiger partial charge >= 0.3 is 206 Å². The molecular weight excluding hydrogens is 781 g/mol. The van der Waals surface area contributed by atoms with Crippen molar-refractivity contribution in [3.8, 4) is 0 Å². The van der Waals surface area contributed by atoms with Gasteiger partial charge in [-0.15, -0.1) is 29.9 Å². The molecule has 4 aromatic carbocycles. The van der Waals surface area contributed by atoms with E-state index in [0.717, 1.165) is 25.7 Å². The Morgan fingerprint density at radius 1 is 0.536 bits per heavy atom. The summed E-state index contributed by atoms with van der Waals surface area (Å²) < 4.78 is 0. The Balaban J connectivity index is 0.00000210. The van der Waals surface area contributed by atoms with Crippen molar-refractivity contribution < 1.29 is 206 Å². The summed E-state index contributed by atoms with van der Waals surface area (Å²) in [7, 11) is 0. The Morgan fingerprint density at radius 3 is 1.50 bits per heavy atom. The molecule has 0 spiro atoms. The Bertz CT molecular complexity index is 2190. The van der Waals surface area contributed by atoms with Crippen LogP contribution in [0.1, 0.15) is 75.4 Å². The molecule has 6 aliphatic carbocycles. The van der Waals surface area contributed by atoms with Gasteiger partial charge in [0.25, 0.3) is 0 Å². The van der Waals surface area contributed by atoms with Gasteiger partial charge in [-0.25, -0.2) is 46.8 Å². The first-order chi connectivity index (χ1) is 25.4. The molecule has 6 aliphatic rings. The van der Waals surface area contributed by atoms with Crippen LogP contribution < -0.4 is 206 Å². The normalized spacial score (nSPS) is 15.5. The van der Waals surface area contributed by atoms with E-state index in [-0.39, 0.29) is 206 Å². The van der Waals surface area contributed by atoms with Gasteiger partial charge in [-0.05, 0) is 66.1 Å². The van der Waals surface area contributed by atoms with E-state index in [1.807, 2.05) is 0 Å². The van der Waals surface area contributed by atoms with Crippen molar-refractivity contribution in [1.82, 2.24) is 0 Å². The van der Waals surface area contributed by atoms with E-state index >= 15 is 0 Å². The summed E-state index contributed by atoms with van der Waals surface area (Å²) in [6.45, 7) is 8.77. The van der Waals surface area contributed by atoms with Gasteiger partial charge in [0, 0.05) is 0 Å². The Morgan fingerprint density at radius 2 is 1.00 bits per heavy atom. The number of benzene rings is 4. The van der Waals surface area contributed by atoms with Crippen LogP contribution in [-0.4, -0.2) is 0 Å². The van der Waals surface area contributed by atoms with Crippen molar-refractivity contribution in [2.75, 3.05) is 0 Å². The Kier molecular flexibility index (Phi) is 23.5. The zero-order chi connectivity index (χ0) is 35.9. The third kappa shape index (κ3) is 13.9. The molecule has 0 nitrogen and oxygen atoms in total. The van der Waals surface area contributed by atoms with E-state index in [2.05, 4.69) is 198 Å². The first-order valence-electron chi connectivity index (χ1n) is 18.7. The number of rotatable bonds is 8. The van der Waals surface area contributed by atoms with Gasteiger partial charge in [0.1, 0.15) is 0 Å². The number of allylic oxidation sites excluding steroid dienone is 12. The third-order valence-corrected chi connectivity index (χ3v) is 10.7. The molecule has 0 aliphatic heterocycles. The van der Waals surface area contributed by atoms with E-state index in [4.69, 9.17) is 0 Å². The van der Waals surface area contributed by atoms with E-state index < -0.39 is 0 Å². The molecule has 0 saturated heterocycles. The number of aryl methyl sites for hydroxylation is 5. The molecule has 0 N–H and O–H groups in total. The molecule has 0 atom stereocenters. The predicted molar refractivity (Wildman–Crippen MR) is 225 cm³/mol. The molecule has 0 heterocycles. The minimum atomic E-state index is 0. The molecule has 0 radical (unpaired) electrons. The molecule has 0 aromatic heterocycles.